The summed E-state index contributed by atoms with van der Waals surface area (Å²) in [7, 11) is 0. The third kappa shape index (κ3) is 2.98. The van der Waals surface area contributed by atoms with Crippen LogP contribution in [0.2, 0.25) is 0 Å². The molecule has 2 aromatic rings. The minimum absolute atomic E-state index is 0.266. The first-order valence-corrected chi connectivity index (χ1v) is 7.04. The molecular weight excluding hydrogens is 256 g/mol. The highest BCUT2D eigenvalue weighted by Crippen LogP contribution is 2.32. The number of hydrogen-bond donors (Lipinski definition) is 1. The Hall–Kier alpha value is -1.08. The summed E-state index contributed by atoms with van der Waals surface area (Å²) in [6, 6.07) is 0. The average Bonchev–Trinajstić information content (AvgIpc) is 2.82. The van der Waals surface area contributed by atoms with Crippen LogP contribution in [0.4, 0.5) is 5.13 Å². The molecule has 0 aliphatic heterocycles. The fraction of sp³-hybridized carbons (Fsp3) is 0.500. The van der Waals surface area contributed by atoms with Gasteiger partial charge in [-0.25, -0.2) is 4.98 Å². The fourth-order valence-corrected chi connectivity index (χ4v) is 3.09. The molecule has 0 spiro atoms. The first kappa shape index (κ1) is 12.4. The Balaban J connectivity index is 2.00. The van der Waals surface area contributed by atoms with Crippen LogP contribution in [-0.2, 0) is 5.75 Å². The summed E-state index contributed by atoms with van der Waals surface area (Å²) in [5.74, 6) is 2.34. The maximum atomic E-state index is 5.64. The van der Waals surface area contributed by atoms with E-state index < -0.39 is 0 Å². The van der Waals surface area contributed by atoms with Gasteiger partial charge in [-0.15, -0.1) is 11.8 Å². The summed E-state index contributed by atoms with van der Waals surface area (Å²) in [4.78, 5) is 8.48. The molecule has 0 amide bonds. The number of nitrogens with zero attached hydrogens (tertiary/aromatic N) is 3. The molecular formula is C10H14N4OS2. The zero-order chi connectivity index (χ0) is 12.4. The second-order valence-corrected chi connectivity index (χ2v) is 6.19. The van der Waals surface area contributed by atoms with Crippen molar-refractivity contribution in [1.82, 2.24) is 15.1 Å². The highest BCUT2D eigenvalue weighted by molar-refractivity contribution is 8.00. The minimum Gasteiger partial charge on any atom is -0.375 e. The van der Waals surface area contributed by atoms with E-state index in [-0.39, 0.29) is 5.92 Å². The molecule has 5 nitrogen and oxygen atoms in total. The summed E-state index contributed by atoms with van der Waals surface area (Å²) in [6.07, 6.45) is 0. The number of thiazole rings is 1. The van der Waals surface area contributed by atoms with Crippen molar-refractivity contribution in [2.75, 3.05) is 5.73 Å². The standard InChI is InChI=1S/C10H14N4OS2/c1-5(2)8-13-7(14-15-8)4-16-9-6(3)12-10(11)17-9/h5H,4H2,1-3H3,(H2,11,12). The van der Waals surface area contributed by atoms with Gasteiger partial charge in [0.05, 0.1) is 15.7 Å². The zero-order valence-corrected chi connectivity index (χ0v) is 11.6. The smallest absolute Gasteiger partial charge is 0.229 e. The molecule has 0 saturated carbocycles. The normalized spacial score (nSPS) is 11.3. The quantitative estimate of drug-likeness (QED) is 0.861. The predicted octanol–water partition coefficient (Wildman–Crippen LogP) is 2.83. The van der Waals surface area contributed by atoms with E-state index in [0.717, 1.165) is 9.90 Å². The fourth-order valence-electron chi connectivity index (χ4n) is 1.23. The van der Waals surface area contributed by atoms with Gasteiger partial charge in [-0.05, 0) is 6.92 Å². The molecule has 0 saturated heterocycles. The largest absolute Gasteiger partial charge is 0.375 e. The lowest BCUT2D eigenvalue weighted by Crippen LogP contribution is -1.88. The SMILES string of the molecule is Cc1nc(N)sc1SCc1noc(C(C)C)n1. The highest BCUT2D eigenvalue weighted by Gasteiger charge is 2.12. The average molecular weight is 270 g/mol. The van der Waals surface area contributed by atoms with Gasteiger partial charge in [0.1, 0.15) is 0 Å². The topological polar surface area (TPSA) is 77.8 Å². The van der Waals surface area contributed by atoms with Gasteiger partial charge in [-0.1, -0.05) is 30.3 Å². The van der Waals surface area contributed by atoms with E-state index in [4.69, 9.17) is 10.3 Å². The Morgan fingerprint density at radius 1 is 1.41 bits per heavy atom. The number of nitrogens with two attached hydrogens (primary N) is 1. The van der Waals surface area contributed by atoms with Crippen molar-refractivity contribution in [3.05, 3.63) is 17.4 Å². The van der Waals surface area contributed by atoms with E-state index in [1.165, 1.54) is 11.3 Å². The van der Waals surface area contributed by atoms with E-state index in [9.17, 15) is 0 Å². The number of aromatic nitrogens is 3. The summed E-state index contributed by atoms with van der Waals surface area (Å²) in [6.45, 7) is 6.00. The van der Waals surface area contributed by atoms with Crippen molar-refractivity contribution in [2.45, 2.75) is 36.7 Å². The third-order valence-corrected chi connectivity index (χ3v) is 4.43. The van der Waals surface area contributed by atoms with Crippen molar-refractivity contribution in [1.29, 1.82) is 0 Å². The van der Waals surface area contributed by atoms with Crippen LogP contribution < -0.4 is 5.73 Å². The molecule has 0 fully saturated rings. The van der Waals surface area contributed by atoms with Crippen LogP contribution in [0.5, 0.6) is 0 Å². The molecule has 0 unspecified atom stereocenters. The Morgan fingerprint density at radius 3 is 2.71 bits per heavy atom. The monoisotopic (exact) mass is 270 g/mol. The Labute approximate surface area is 108 Å². The number of anilines is 1. The lowest BCUT2D eigenvalue weighted by molar-refractivity contribution is 0.362. The Bertz CT molecular complexity index is 506. The van der Waals surface area contributed by atoms with Gasteiger partial charge >= 0.3 is 0 Å². The van der Waals surface area contributed by atoms with Crippen molar-refractivity contribution in [3.8, 4) is 0 Å². The van der Waals surface area contributed by atoms with Crippen molar-refractivity contribution in [2.24, 2.45) is 0 Å². The van der Waals surface area contributed by atoms with Gasteiger partial charge in [0.25, 0.3) is 0 Å². The zero-order valence-electron chi connectivity index (χ0n) is 9.93. The Morgan fingerprint density at radius 2 is 2.18 bits per heavy atom. The van der Waals surface area contributed by atoms with Gasteiger partial charge in [-0.3, -0.25) is 0 Å². The van der Waals surface area contributed by atoms with E-state index in [1.54, 1.807) is 11.8 Å². The van der Waals surface area contributed by atoms with Gasteiger partial charge in [0, 0.05) is 5.92 Å². The molecule has 0 atom stereocenters. The van der Waals surface area contributed by atoms with Crippen LogP contribution in [0.1, 0.15) is 37.2 Å². The lowest BCUT2D eigenvalue weighted by Gasteiger charge is -1.94. The van der Waals surface area contributed by atoms with Crippen LogP contribution in [0.25, 0.3) is 0 Å². The lowest BCUT2D eigenvalue weighted by atomic mass is 10.2. The molecule has 7 heteroatoms. The second-order valence-electron chi connectivity index (χ2n) is 3.92. The molecule has 2 heterocycles. The first-order valence-electron chi connectivity index (χ1n) is 5.24. The Kier molecular flexibility index (Phi) is 3.68. The maximum Gasteiger partial charge on any atom is 0.229 e. The number of nitrogen functional groups attached to an aromatic ring is 1. The number of aryl methyl sites for hydroxylation is 1. The molecule has 0 aromatic carbocycles. The maximum absolute atomic E-state index is 5.64. The molecule has 17 heavy (non-hydrogen) atoms. The minimum atomic E-state index is 0.266. The van der Waals surface area contributed by atoms with Gasteiger partial charge < -0.3 is 10.3 Å². The second kappa shape index (κ2) is 5.05. The summed E-state index contributed by atoms with van der Waals surface area (Å²) < 4.78 is 6.25. The highest BCUT2D eigenvalue weighted by atomic mass is 32.2. The van der Waals surface area contributed by atoms with E-state index >= 15 is 0 Å². The number of hydrogen-bond acceptors (Lipinski definition) is 7. The van der Waals surface area contributed by atoms with Crippen LogP contribution in [0.15, 0.2) is 8.73 Å². The van der Waals surface area contributed by atoms with Gasteiger partial charge in [-0.2, -0.15) is 4.98 Å². The molecule has 2 aromatic heterocycles. The molecule has 0 aliphatic rings. The van der Waals surface area contributed by atoms with Gasteiger partial charge in [0.15, 0.2) is 11.0 Å². The molecule has 92 valence electrons. The molecule has 2 N–H and O–H groups in total. The summed E-state index contributed by atoms with van der Waals surface area (Å²) in [5.41, 5.74) is 6.60. The number of thioether (sulfide) groups is 1. The first-order chi connectivity index (χ1) is 8.06. The number of rotatable bonds is 4. The molecule has 0 aliphatic carbocycles. The molecule has 0 bridgehead atoms. The summed E-state index contributed by atoms with van der Waals surface area (Å²) >= 11 is 3.13. The van der Waals surface area contributed by atoms with E-state index in [1.807, 2.05) is 20.8 Å². The van der Waals surface area contributed by atoms with Crippen LogP contribution >= 0.6 is 23.1 Å². The summed E-state index contributed by atoms with van der Waals surface area (Å²) in [5, 5.41) is 4.53. The van der Waals surface area contributed by atoms with Crippen molar-refractivity contribution < 1.29 is 4.52 Å². The third-order valence-electron chi connectivity index (χ3n) is 2.08. The van der Waals surface area contributed by atoms with Crippen LogP contribution in [0.3, 0.4) is 0 Å². The van der Waals surface area contributed by atoms with Crippen LogP contribution in [0, 0.1) is 6.92 Å². The van der Waals surface area contributed by atoms with Gasteiger partial charge in [0.2, 0.25) is 5.89 Å². The predicted molar refractivity (Wildman–Crippen MR) is 69.2 cm³/mol. The van der Waals surface area contributed by atoms with Crippen LogP contribution in [-0.4, -0.2) is 15.1 Å². The van der Waals surface area contributed by atoms with Crippen molar-refractivity contribution in [3.63, 3.8) is 0 Å². The van der Waals surface area contributed by atoms with E-state index in [0.29, 0.717) is 22.6 Å². The van der Waals surface area contributed by atoms with Crippen molar-refractivity contribution >= 4 is 28.2 Å². The molecule has 0 radical (unpaired) electrons. The molecule has 2 rings (SSSR count). The van der Waals surface area contributed by atoms with E-state index in [2.05, 4.69) is 15.1 Å².